The molecule has 1 saturated heterocycles. The number of amidine groups is 1. The van der Waals surface area contributed by atoms with E-state index >= 15 is 0 Å². The predicted molar refractivity (Wildman–Crippen MR) is 63.2 cm³/mol. The third-order valence-electron chi connectivity index (χ3n) is 2.75. The number of halogens is 1. The first-order valence-electron chi connectivity index (χ1n) is 5.60. The first-order chi connectivity index (χ1) is 9.11. The predicted octanol–water partition coefficient (Wildman–Crippen LogP) is -0.192. The highest BCUT2D eigenvalue weighted by Gasteiger charge is 2.27. The van der Waals surface area contributed by atoms with E-state index < -0.39 is 11.9 Å². The highest BCUT2D eigenvalue weighted by Crippen LogP contribution is 2.11. The number of hydrogen-bond donors (Lipinski definition) is 2. The van der Waals surface area contributed by atoms with Gasteiger partial charge in [-0.2, -0.15) is 0 Å². The van der Waals surface area contributed by atoms with Crippen molar-refractivity contribution < 1.29 is 19.1 Å². The number of pyridine rings is 1. The van der Waals surface area contributed by atoms with Gasteiger partial charge in [-0.25, -0.2) is 4.39 Å². The summed E-state index contributed by atoms with van der Waals surface area (Å²) >= 11 is 0. The molecule has 0 aromatic carbocycles. The second kappa shape index (κ2) is 5.61. The van der Waals surface area contributed by atoms with Crippen molar-refractivity contribution in [2.75, 3.05) is 19.7 Å². The number of hydrogen-bond acceptors (Lipinski definition) is 5. The zero-order valence-electron chi connectivity index (χ0n) is 9.99. The molecule has 0 aliphatic carbocycles. The number of oxime groups is 1. The quantitative estimate of drug-likeness (QED) is 0.335. The fourth-order valence-electron chi connectivity index (χ4n) is 1.79. The average molecular weight is 268 g/mol. The molecule has 1 aliphatic heterocycles. The van der Waals surface area contributed by atoms with E-state index in [1.165, 1.54) is 11.1 Å². The van der Waals surface area contributed by atoms with E-state index in [0.29, 0.717) is 6.54 Å². The Hall–Kier alpha value is -2.22. The van der Waals surface area contributed by atoms with Gasteiger partial charge in [0.05, 0.1) is 24.9 Å². The molecular formula is C11H13FN4O3. The summed E-state index contributed by atoms with van der Waals surface area (Å²) in [7, 11) is 0. The summed E-state index contributed by atoms with van der Waals surface area (Å²) in [5.41, 5.74) is 5.59. The van der Waals surface area contributed by atoms with Crippen LogP contribution in [0.3, 0.4) is 0 Å². The van der Waals surface area contributed by atoms with Gasteiger partial charge in [0, 0.05) is 12.7 Å². The van der Waals surface area contributed by atoms with Crippen LogP contribution in [-0.4, -0.2) is 52.6 Å². The Morgan fingerprint density at radius 3 is 3.11 bits per heavy atom. The van der Waals surface area contributed by atoms with E-state index in [2.05, 4.69) is 10.1 Å². The summed E-state index contributed by atoms with van der Waals surface area (Å²) in [6.07, 6.45) is 1.65. The molecule has 0 radical (unpaired) electrons. The standard InChI is InChI=1S/C11H13FN4O3/c12-8-3-7(4-14-5-8)11(17)16-1-2-19-9(6-16)10(13)15-18/h3-5,9,18H,1-2,6H2,(H2,13,15). The monoisotopic (exact) mass is 268 g/mol. The highest BCUT2D eigenvalue weighted by atomic mass is 19.1. The van der Waals surface area contributed by atoms with E-state index in [1.54, 1.807) is 0 Å². The van der Waals surface area contributed by atoms with E-state index in [4.69, 9.17) is 15.7 Å². The Kier molecular flexibility index (Phi) is 3.91. The smallest absolute Gasteiger partial charge is 0.255 e. The van der Waals surface area contributed by atoms with Gasteiger partial charge in [0.2, 0.25) is 0 Å². The van der Waals surface area contributed by atoms with Crippen LogP contribution in [0.1, 0.15) is 10.4 Å². The number of carbonyl (C=O) groups is 1. The summed E-state index contributed by atoms with van der Waals surface area (Å²) in [6.45, 7) is 0.755. The fraction of sp³-hybridized carbons (Fsp3) is 0.364. The Bertz CT molecular complexity index is 508. The highest BCUT2D eigenvalue weighted by molar-refractivity contribution is 5.94. The Balaban J connectivity index is 2.11. The van der Waals surface area contributed by atoms with Crippen molar-refractivity contribution in [3.05, 3.63) is 29.8 Å². The lowest BCUT2D eigenvalue weighted by atomic mass is 10.2. The first kappa shape index (κ1) is 13.2. The molecule has 3 N–H and O–H groups in total. The molecule has 1 amide bonds. The molecule has 1 fully saturated rings. The van der Waals surface area contributed by atoms with Gasteiger partial charge in [-0.1, -0.05) is 5.16 Å². The molecule has 7 nitrogen and oxygen atoms in total. The molecule has 1 aliphatic rings. The van der Waals surface area contributed by atoms with Crippen LogP contribution in [-0.2, 0) is 4.74 Å². The largest absolute Gasteiger partial charge is 0.409 e. The van der Waals surface area contributed by atoms with Crippen molar-refractivity contribution >= 4 is 11.7 Å². The van der Waals surface area contributed by atoms with E-state index in [0.717, 1.165) is 12.3 Å². The average Bonchev–Trinajstić information content (AvgIpc) is 2.45. The number of rotatable bonds is 2. The Morgan fingerprint density at radius 2 is 2.42 bits per heavy atom. The van der Waals surface area contributed by atoms with Crippen LogP contribution in [0.15, 0.2) is 23.6 Å². The lowest BCUT2D eigenvalue weighted by Gasteiger charge is -2.32. The van der Waals surface area contributed by atoms with Gasteiger partial charge in [0.15, 0.2) is 5.84 Å². The minimum atomic E-state index is -0.663. The third-order valence-corrected chi connectivity index (χ3v) is 2.75. The molecule has 2 rings (SSSR count). The van der Waals surface area contributed by atoms with Crippen molar-refractivity contribution in [3.8, 4) is 0 Å². The van der Waals surface area contributed by atoms with Gasteiger partial charge in [0.1, 0.15) is 11.9 Å². The first-order valence-corrected chi connectivity index (χ1v) is 5.60. The van der Waals surface area contributed by atoms with Crippen LogP contribution >= 0.6 is 0 Å². The summed E-state index contributed by atoms with van der Waals surface area (Å²) in [5, 5.41) is 11.4. The maximum absolute atomic E-state index is 13.0. The van der Waals surface area contributed by atoms with Gasteiger partial charge in [-0.05, 0) is 6.07 Å². The van der Waals surface area contributed by atoms with Crippen LogP contribution in [0.5, 0.6) is 0 Å². The second-order valence-electron chi connectivity index (χ2n) is 4.03. The van der Waals surface area contributed by atoms with Gasteiger partial charge < -0.3 is 20.6 Å². The van der Waals surface area contributed by atoms with Crippen LogP contribution in [0.4, 0.5) is 4.39 Å². The van der Waals surface area contributed by atoms with Crippen molar-refractivity contribution in [2.45, 2.75) is 6.10 Å². The fourth-order valence-corrected chi connectivity index (χ4v) is 1.79. The molecule has 1 unspecified atom stereocenters. The number of amides is 1. The number of morpholine rings is 1. The van der Waals surface area contributed by atoms with Gasteiger partial charge in [0.25, 0.3) is 5.91 Å². The normalized spacial score (nSPS) is 20.4. The molecule has 1 aromatic heterocycles. The van der Waals surface area contributed by atoms with Gasteiger partial charge in [-0.3, -0.25) is 9.78 Å². The molecule has 0 saturated carbocycles. The number of aromatic nitrogens is 1. The van der Waals surface area contributed by atoms with E-state index in [-0.39, 0.29) is 30.5 Å². The zero-order valence-corrected chi connectivity index (χ0v) is 9.99. The number of carbonyl (C=O) groups excluding carboxylic acids is 1. The Morgan fingerprint density at radius 1 is 1.63 bits per heavy atom. The maximum atomic E-state index is 13.0. The van der Waals surface area contributed by atoms with Crippen molar-refractivity contribution in [1.82, 2.24) is 9.88 Å². The van der Waals surface area contributed by atoms with Crippen LogP contribution in [0.25, 0.3) is 0 Å². The van der Waals surface area contributed by atoms with Crippen LogP contribution < -0.4 is 5.73 Å². The lowest BCUT2D eigenvalue weighted by Crippen LogP contribution is -2.50. The van der Waals surface area contributed by atoms with E-state index in [9.17, 15) is 9.18 Å². The topological polar surface area (TPSA) is 101 Å². The summed E-state index contributed by atoms with van der Waals surface area (Å²) in [6, 6.07) is 1.11. The summed E-state index contributed by atoms with van der Waals surface area (Å²) in [4.78, 5) is 17.2. The molecule has 0 bridgehead atoms. The third kappa shape index (κ3) is 2.97. The molecule has 1 aromatic rings. The lowest BCUT2D eigenvalue weighted by molar-refractivity contribution is 0.00672. The minimum Gasteiger partial charge on any atom is -0.409 e. The maximum Gasteiger partial charge on any atom is 0.255 e. The van der Waals surface area contributed by atoms with Gasteiger partial charge in [-0.15, -0.1) is 0 Å². The second-order valence-corrected chi connectivity index (χ2v) is 4.03. The molecule has 0 spiro atoms. The summed E-state index contributed by atoms with van der Waals surface area (Å²) < 4.78 is 18.3. The summed E-state index contributed by atoms with van der Waals surface area (Å²) in [5.74, 6) is -1.05. The SMILES string of the molecule is N/C(=N/O)C1CN(C(=O)c2cncc(F)c2)CCO1. The molecular weight excluding hydrogens is 255 g/mol. The van der Waals surface area contributed by atoms with Crippen LogP contribution in [0.2, 0.25) is 0 Å². The molecule has 102 valence electrons. The number of nitrogens with zero attached hydrogens (tertiary/aromatic N) is 3. The minimum absolute atomic E-state index is 0.102. The van der Waals surface area contributed by atoms with Crippen LogP contribution in [0, 0.1) is 5.82 Å². The van der Waals surface area contributed by atoms with E-state index in [1.807, 2.05) is 0 Å². The molecule has 19 heavy (non-hydrogen) atoms. The van der Waals surface area contributed by atoms with Gasteiger partial charge >= 0.3 is 0 Å². The molecule has 1 atom stereocenters. The molecule has 2 heterocycles. The molecule has 8 heteroatoms. The zero-order chi connectivity index (χ0) is 13.8. The Labute approximate surface area is 108 Å². The van der Waals surface area contributed by atoms with Crippen molar-refractivity contribution in [2.24, 2.45) is 10.9 Å². The van der Waals surface area contributed by atoms with Crippen molar-refractivity contribution in [3.63, 3.8) is 0 Å². The van der Waals surface area contributed by atoms with Crippen molar-refractivity contribution in [1.29, 1.82) is 0 Å². The number of ether oxygens (including phenoxy) is 1. The number of nitrogens with two attached hydrogens (primary N) is 1.